The monoisotopic (exact) mass is 326 g/mol. The maximum atomic E-state index is 11.5. The Morgan fingerprint density at radius 1 is 1.38 bits per heavy atom. The number of carbonyl (C=O) groups is 1. The van der Waals surface area contributed by atoms with E-state index >= 15 is 0 Å². The van der Waals surface area contributed by atoms with Gasteiger partial charge in [0.2, 0.25) is 17.6 Å². The lowest BCUT2D eigenvalue weighted by atomic mass is 10.3. The van der Waals surface area contributed by atoms with Gasteiger partial charge in [-0.1, -0.05) is 11.2 Å². The third-order valence-corrected chi connectivity index (χ3v) is 4.50. The largest absolute Gasteiger partial charge is 0.339 e. The van der Waals surface area contributed by atoms with Crippen LogP contribution in [0, 0.1) is 0 Å². The van der Waals surface area contributed by atoms with Gasteiger partial charge >= 0.3 is 0 Å². The van der Waals surface area contributed by atoms with Crippen LogP contribution in [0.15, 0.2) is 22.0 Å². The van der Waals surface area contributed by atoms with E-state index in [1.54, 1.807) is 16.2 Å². The summed E-state index contributed by atoms with van der Waals surface area (Å²) in [7, 11) is 0. The zero-order valence-corrected chi connectivity index (χ0v) is 12.9. The molecule has 0 aliphatic carbocycles. The fourth-order valence-electron chi connectivity index (χ4n) is 2.26. The number of carbonyl (C=O) groups excluding carboxylic acids is 1. The van der Waals surface area contributed by atoms with E-state index in [4.69, 9.17) is 16.1 Å². The summed E-state index contributed by atoms with van der Waals surface area (Å²) in [6.07, 6.45) is 0. The van der Waals surface area contributed by atoms with Gasteiger partial charge in [0.25, 0.3) is 0 Å². The standard InChI is InChI=1S/C13H15ClN4O2S/c14-8-12(19)18-5-3-17(4-6-18)9-11-15-13(16-20-11)10-2-1-7-21-10/h1-2,7H,3-6,8-9H2. The molecular formula is C13H15ClN4O2S. The summed E-state index contributed by atoms with van der Waals surface area (Å²) in [5, 5.41) is 5.98. The number of piperazine rings is 1. The molecule has 21 heavy (non-hydrogen) atoms. The van der Waals surface area contributed by atoms with Gasteiger partial charge in [0.1, 0.15) is 5.88 Å². The number of hydrogen-bond donors (Lipinski definition) is 0. The minimum absolute atomic E-state index is 0.00547. The molecule has 6 nitrogen and oxygen atoms in total. The van der Waals surface area contributed by atoms with E-state index in [0.29, 0.717) is 31.3 Å². The highest BCUT2D eigenvalue weighted by Crippen LogP contribution is 2.21. The summed E-state index contributed by atoms with van der Waals surface area (Å²) in [4.78, 5) is 20.9. The fourth-order valence-corrected chi connectivity index (χ4v) is 3.07. The van der Waals surface area contributed by atoms with E-state index in [1.165, 1.54) is 0 Å². The first kappa shape index (κ1) is 14.5. The molecule has 0 unspecified atom stereocenters. The van der Waals surface area contributed by atoms with Crippen molar-refractivity contribution in [3.05, 3.63) is 23.4 Å². The molecule has 2 aromatic heterocycles. The van der Waals surface area contributed by atoms with Gasteiger partial charge in [0.15, 0.2) is 0 Å². The molecule has 1 fully saturated rings. The van der Waals surface area contributed by atoms with E-state index < -0.39 is 0 Å². The Morgan fingerprint density at radius 3 is 2.86 bits per heavy atom. The topological polar surface area (TPSA) is 62.5 Å². The maximum Gasteiger partial charge on any atom is 0.241 e. The van der Waals surface area contributed by atoms with Gasteiger partial charge in [0.05, 0.1) is 11.4 Å². The number of aromatic nitrogens is 2. The molecule has 0 N–H and O–H groups in total. The van der Waals surface area contributed by atoms with Crippen LogP contribution in [0.1, 0.15) is 5.89 Å². The summed E-state index contributed by atoms with van der Waals surface area (Å²) in [6, 6.07) is 3.93. The summed E-state index contributed by atoms with van der Waals surface area (Å²) in [6.45, 7) is 3.58. The molecule has 0 spiro atoms. The van der Waals surface area contributed by atoms with Crippen molar-refractivity contribution in [2.24, 2.45) is 0 Å². The molecular weight excluding hydrogens is 312 g/mol. The van der Waals surface area contributed by atoms with Gasteiger partial charge in [-0.25, -0.2) is 0 Å². The second-order valence-electron chi connectivity index (χ2n) is 4.78. The molecule has 1 aliphatic heterocycles. The molecule has 1 aliphatic rings. The quantitative estimate of drug-likeness (QED) is 0.800. The third kappa shape index (κ3) is 3.42. The molecule has 3 heterocycles. The smallest absolute Gasteiger partial charge is 0.241 e. The Hall–Kier alpha value is -1.44. The van der Waals surface area contributed by atoms with E-state index in [9.17, 15) is 4.79 Å². The first-order valence-corrected chi connectivity index (χ1v) is 8.10. The van der Waals surface area contributed by atoms with Crippen molar-refractivity contribution in [3.8, 4) is 10.7 Å². The molecule has 0 saturated carbocycles. The van der Waals surface area contributed by atoms with Gasteiger partial charge in [-0.05, 0) is 11.4 Å². The van der Waals surface area contributed by atoms with E-state index in [2.05, 4.69) is 15.0 Å². The minimum atomic E-state index is -0.00547. The molecule has 0 atom stereocenters. The number of halogens is 1. The molecule has 1 amide bonds. The Labute approximate surface area is 131 Å². The molecule has 112 valence electrons. The third-order valence-electron chi connectivity index (χ3n) is 3.41. The van der Waals surface area contributed by atoms with Gasteiger partial charge in [-0.3, -0.25) is 9.69 Å². The first-order chi connectivity index (χ1) is 10.3. The Kier molecular flexibility index (Phi) is 4.52. The zero-order chi connectivity index (χ0) is 14.7. The van der Waals surface area contributed by atoms with Crippen LogP contribution in [0.4, 0.5) is 0 Å². The summed E-state index contributed by atoms with van der Waals surface area (Å²) in [5.74, 6) is 1.29. The van der Waals surface area contributed by atoms with Crippen molar-refractivity contribution in [3.63, 3.8) is 0 Å². The van der Waals surface area contributed by atoms with Crippen LogP contribution in [0.5, 0.6) is 0 Å². The summed E-state index contributed by atoms with van der Waals surface area (Å²) < 4.78 is 5.29. The van der Waals surface area contributed by atoms with Gasteiger partial charge in [0, 0.05) is 26.2 Å². The van der Waals surface area contributed by atoms with Crippen molar-refractivity contribution < 1.29 is 9.32 Å². The van der Waals surface area contributed by atoms with E-state index in [-0.39, 0.29) is 11.8 Å². The average molecular weight is 327 g/mol. The number of alkyl halides is 1. The molecule has 0 bridgehead atoms. The molecule has 3 rings (SSSR count). The van der Waals surface area contributed by atoms with Crippen molar-refractivity contribution in [2.75, 3.05) is 32.1 Å². The predicted molar refractivity (Wildman–Crippen MR) is 80.2 cm³/mol. The van der Waals surface area contributed by atoms with Crippen LogP contribution in [-0.2, 0) is 11.3 Å². The first-order valence-electron chi connectivity index (χ1n) is 6.69. The Bertz CT molecular complexity index is 593. The lowest BCUT2D eigenvalue weighted by Crippen LogP contribution is -2.48. The van der Waals surface area contributed by atoms with E-state index in [0.717, 1.165) is 18.0 Å². The second kappa shape index (κ2) is 6.55. The normalized spacial score (nSPS) is 16.3. The summed E-state index contributed by atoms with van der Waals surface area (Å²) >= 11 is 7.15. The van der Waals surface area contributed by atoms with Crippen molar-refractivity contribution >= 4 is 28.8 Å². The highest BCUT2D eigenvalue weighted by atomic mass is 35.5. The Balaban J connectivity index is 1.55. The van der Waals surface area contributed by atoms with Crippen molar-refractivity contribution in [1.29, 1.82) is 0 Å². The molecule has 2 aromatic rings. The number of thiophene rings is 1. The highest BCUT2D eigenvalue weighted by Gasteiger charge is 2.22. The highest BCUT2D eigenvalue weighted by molar-refractivity contribution is 7.13. The Morgan fingerprint density at radius 2 is 2.19 bits per heavy atom. The summed E-state index contributed by atoms with van der Waals surface area (Å²) in [5.41, 5.74) is 0. The van der Waals surface area contributed by atoms with Crippen LogP contribution >= 0.6 is 22.9 Å². The van der Waals surface area contributed by atoms with Crippen LogP contribution in [0.25, 0.3) is 10.7 Å². The van der Waals surface area contributed by atoms with Crippen molar-refractivity contribution in [1.82, 2.24) is 19.9 Å². The lowest BCUT2D eigenvalue weighted by molar-refractivity contribution is -0.130. The van der Waals surface area contributed by atoms with Gasteiger partial charge in [-0.2, -0.15) is 4.98 Å². The second-order valence-corrected chi connectivity index (χ2v) is 5.99. The lowest BCUT2D eigenvalue weighted by Gasteiger charge is -2.33. The van der Waals surface area contributed by atoms with Crippen molar-refractivity contribution in [2.45, 2.75) is 6.54 Å². The van der Waals surface area contributed by atoms with Crippen LogP contribution in [-0.4, -0.2) is 57.9 Å². The minimum Gasteiger partial charge on any atom is -0.339 e. The SMILES string of the molecule is O=C(CCl)N1CCN(Cc2nc(-c3cccs3)no2)CC1. The maximum absolute atomic E-state index is 11.5. The molecule has 8 heteroatoms. The predicted octanol–water partition coefficient (Wildman–Crippen LogP) is 1.68. The average Bonchev–Trinajstić information content (AvgIpc) is 3.18. The van der Waals surface area contributed by atoms with Gasteiger partial charge in [-0.15, -0.1) is 22.9 Å². The number of rotatable bonds is 4. The van der Waals surface area contributed by atoms with Gasteiger partial charge < -0.3 is 9.42 Å². The molecule has 0 radical (unpaired) electrons. The fraction of sp³-hybridized carbons (Fsp3) is 0.462. The van der Waals surface area contributed by atoms with Crippen LogP contribution < -0.4 is 0 Å². The van der Waals surface area contributed by atoms with Crippen LogP contribution in [0.2, 0.25) is 0 Å². The number of hydrogen-bond acceptors (Lipinski definition) is 6. The van der Waals surface area contributed by atoms with E-state index in [1.807, 2.05) is 17.5 Å². The zero-order valence-electron chi connectivity index (χ0n) is 11.4. The molecule has 0 aromatic carbocycles. The molecule has 1 saturated heterocycles. The number of amides is 1. The van der Waals surface area contributed by atoms with Crippen LogP contribution in [0.3, 0.4) is 0 Å². The number of nitrogens with zero attached hydrogens (tertiary/aromatic N) is 4.